The smallest absolute Gasteiger partial charge is 0.313 e. The van der Waals surface area contributed by atoms with Crippen LogP contribution in [-0.2, 0) is 7.05 Å². The minimum Gasteiger partial charge on any atom is -0.432 e. The van der Waals surface area contributed by atoms with E-state index in [0.717, 1.165) is 0 Å². The second-order valence-corrected chi connectivity index (χ2v) is 3.87. The summed E-state index contributed by atoms with van der Waals surface area (Å²) >= 11 is 5.76. The standard InChI is InChI=1S/C11H10ClN3O2/c1-15-5-4-14-10(11(15)16)17-9-3-2-7(12)6-8(9)13/h2-6H,13H2,1H3. The Bertz CT molecular complexity index is 610. The molecule has 0 aliphatic heterocycles. The van der Waals surface area contributed by atoms with Gasteiger partial charge in [-0.1, -0.05) is 11.6 Å². The highest BCUT2D eigenvalue weighted by Gasteiger charge is 2.08. The Morgan fingerprint density at radius 1 is 1.47 bits per heavy atom. The van der Waals surface area contributed by atoms with Crippen LogP contribution in [0.4, 0.5) is 5.69 Å². The molecule has 1 aromatic carbocycles. The van der Waals surface area contributed by atoms with Crippen LogP contribution in [0.3, 0.4) is 0 Å². The van der Waals surface area contributed by atoms with Gasteiger partial charge in [-0.25, -0.2) is 4.98 Å². The van der Waals surface area contributed by atoms with Gasteiger partial charge in [0, 0.05) is 24.5 Å². The lowest BCUT2D eigenvalue weighted by molar-refractivity contribution is 0.451. The molecule has 0 radical (unpaired) electrons. The van der Waals surface area contributed by atoms with Crippen molar-refractivity contribution in [2.45, 2.75) is 0 Å². The molecule has 6 heteroatoms. The number of ether oxygens (including phenoxy) is 1. The van der Waals surface area contributed by atoms with E-state index in [1.807, 2.05) is 0 Å². The predicted octanol–water partition coefficient (Wildman–Crippen LogP) is 1.81. The number of nitrogen functional groups attached to an aromatic ring is 1. The minimum atomic E-state index is -0.332. The molecule has 0 fully saturated rings. The molecule has 17 heavy (non-hydrogen) atoms. The Labute approximate surface area is 102 Å². The van der Waals surface area contributed by atoms with Gasteiger partial charge in [0.25, 0.3) is 5.88 Å². The van der Waals surface area contributed by atoms with E-state index in [0.29, 0.717) is 16.5 Å². The predicted molar refractivity (Wildman–Crippen MR) is 65.4 cm³/mol. The summed E-state index contributed by atoms with van der Waals surface area (Å²) in [5, 5.41) is 0.503. The van der Waals surface area contributed by atoms with E-state index >= 15 is 0 Å². The van der Waals surface area contributed by atoms with E-state index < -0.39 is 0 Å². The number of hydrogen-bond donors (Lipinski definition) is 1. The van der Waals surface area contributed by atoms with E-state index in [1.165, 1.54) is 10.8 Å². The quantitative estimate of drug-likeness (QED) is 0.827. The molecule has 0 bridgehead atoms. The van der Waals surface area contributed by atoms with E-state index in [-0.39, 0.29) is 11.4 Å². The maximum absolute atomic E-state index is 11.7. The molecule has 1 heterocycles. The first-order chi connectivity index (χ1) is 8.08. The minimum absolute atomic E-state index is 0.0241. The lowest BCUT2D eigenvalue weighted by Crippen LogP contribution is -2.18. The van der Waals surface area contributed by atoms with Crippen molar-refractivity contribution in [2.75, 3.05) is 5.73 Å². The fourth-order valence-electron chi connectivity index (χ4n) is 1.26. The fourth-order valence-corrected chi connectivity index (χ4v) is 1.44. The van der Waals surface area contributed by atoms with Gasteiger partial charge in [-0.3, -0.25) is 4.79 Å². The zero-order valence-corrected chi connectivity index (χ0v) is 9.81. The highest BCUT2D eigenvalue weighted by molar-refractivity contribution is 6.30. The van der Waals surface area contributed by atoms with Crippen molar-refractivity contribution < 1.29 is 4.74 Å². The summed E-state index contributed by atoms with van der Waals surface area (Å²) in [6.45, 7) is 0. The third-order valence-corrected chi connectivity index (χ3v) is 2.40. The van der Waals surface area contributed by atoms with Crippen LogP contribution in [0.1, 0.15) is 0 Å². The van der Waals surface area contributed by atoms with Crippen LogP contribution in [0, 0.1) is 0 Å². The van der Waals surface area contributed by atoms with Crippen molar-refractivity contribution in [3.05, 3.63) is 46.0 Å². The number of aromatic nitrogens is 2. The first-order valence-electron chi connectivity index (χ1n) is 4.82. The molecular weight excluding hydrogens is 242 g/mol. The molecule has 0 aliphatic rings. The molecule has 0 unspecified atom stereocenters. The number of rotatable bonds is 2. The van der Waals surface area contributed by atoms with Crippen molar-refractivity contribution in [1.82, 2.24) is 9.55 Å². The van der Waals surface area contributed by atoms with Crippen LogP contribution in [0.5, 0.6) is 11.6 Å². The maximum Gasteiger partial charge on any atom is 0.313 e. The third-order valence-electron chi connectivity index (χ3n) is 2.16. The summed E-state index contributed by atoms with van der Waals surface area (Å²) in [4.78, 5) is 15.5. The van der Waals surface area contributed by atoms with Crippen LogP contribution in [0.15, 0.2) is 35.4 Å². The largest absolute Gasteiger partial charge is 0.432 e. The fraction of sp³-hybridized carbons (Fsp3) is 0.0909. The monoisotopic (exact) mass is 251 g/mol. The molecule has 0 atom stereocenters. The van der Waals surface area contributed by atoms with Gasteiger partial charge in [-0.15, -0.1) is 0 Å². The molecule has 1 aromatic heterocycles. The first kappa shape index (κ1) is 11.5. The average Bonchev–Trinajstić information content (AvgIpc) is 2.28. The molecule has 0 amide bonds. The topological polar surface area (TPSA) is 70.1 Å². The summed E-state index contributed by atoms with van der Waals surface area (Å²) in [6, 6.07) is 4.76. The molecule has 0 saturated carbocycles. The Kier molecular flexibility index (Phi) is 3.01. The van der Waals surface area contributed by atoms with Gasteiger partial charge in [-0.05, 0) is 18.2 Å². The van der Waals surface area contributed by atoms with Crippen LogP contribution >= 0.6 is 11.6 Å². The van der Waals surface area contributed by atoms with Crippen molar-refractivity contribution in [1.29, 1.82) is 0 Å². The van der Waals surface area contributed by atoms with Gasteiger partial charge in [0.2, 0.25) is 0 Å². The first-order valence-corrected chi connectivity index (χ1v) is 5.20. The number of halogens is 1. The van der Waals surface area contributed by atoms with Gasteiger partial charge >= 0.3 is 5.56 Å². The van der Waals surface area contributed by atoms with Gasteiger partial charge < -0.3 is 15.0 Å². The molecule has 0 spiro atoms. The molecule has 88 valence electrons. The molecular formula is C11H10ClN3O2. The van der Waals surface area contributed by atoms with Crippen molar-refractivity contribution in [3.63, 3.8) is 0 Å². The zero-order chi connectivity index (χ0) is 12.4. The number of hydrogen-bond acceptors (Lipinski definition) is 4. The number of aryl methyl sites for hydroxylation is 1. The van der Waals surface area contributed by atoms with E-state index in [1.54, 1.807) is 31.4 Å². The van der Waals surface area contributed by atoms with Crippen molar-refractivity contribution in [3.8, 4) is 11.6 Å². The molecule has 5 nitrogen and oxygen atoms in total. The van der Waals surface area contributed by atoms with Gasteiger partial charge in [0.1, 0.15) is 0 Å². The summed E-state index contributed by atoms with van der Waals surface area (Å²) in [5.74, 6) is 0.328. The van der Waals surface area contributed by atoms with Crippen LogP contribution in [-0.4, -0.2) is 9.55 Å². The Balaban J connectivity index is 2.38. The number of benzene rings is 1. The van der Waals surface area contributed by atoms with E-state index in [9.17, 15) is 4.79 Å². The van der Waals surface area contributed by atoms with Crippen LogP contribution < -0.4 is 16.0 Å². The second-order valence-electron chi connectivity index (χ2n) is 3.43. The summed E-state index contributed by atoms with van der Waals surface area (Å²) in [5.41, 5.74) is 5.73. The van der Waals surface area contributed by atoms with Gasteiger partial charge in [0.15, 0.2) is 5.75 Å². The lowest BCUT2D eigenvalue weighted by Gasteiger charge is -2.07. The number of anilines is 1. The highest BCUT2D eigenvalue weighted by atomic mass is 35.5. The number of nitrogens with two attached hydrogens (primary N) is 1. The van der Waals surface area contributed by atoms with E-state index in [2.05, 4.69) is 4.98 Å². The molecule has 2 rings (SSSR count). The van der Waals surface area contributed by atoms with Crippen molar-refractivity contribution in [2.24, 2.45) is 7.05 Å². The van der Waals surface area contributed by atoms with Gasteiger partial charge in [0.05, 0.1) is 5.69 Å². The van der Waals surface area contributed by atoms with Crippen molar-refractivity contribution >= 4 is 17.3 Å². The van der Waals surface area contributed by atoms with E-state index in [4.69, 9.17) is 22.1 Å². The Morgan fingerprint density at radius 3 is 2.94 bits per heavy atom. The van der Waals surface area contributed by atoms with Crippen LogP contribution in [0.25, 0.3) is 0 Å². The molecule has 0 saturated heterocycles. The highest BCUT2D eigenvalue weighted by Crippen LogP contribution is 2.27. The third kappa shape index (κ3) is 2.39. The molecule has 0 aliphatic carbocycles. The van der Waals surface area contributed by atoms with Gasteiger partial charge in [-0.2, -0.15) is 0 Å². The lowest BCUT2D eigenvalue weighted by atomic mass is 10.3. The summed E-state index contributed by atoms with van der Waals surface area (Å²) in [7, 11) is 1.61. The summed E-state index contributed by atoms with van der Waals surface area (Å²) in [6.07, 6.45) is 3.02. The SMILES string of the molecule is Cn1ccnc(Oc2ccc(Cl)cc2N)c1=O. The second kappa shape index (κ2) is 4.47. The Hall–Kier alpha value is -2.01. The average molecular weight is 252 g/mol. The maximum atomic E-state index is 11.7. The molecule has 2 N–H and O–H groups in total. The molecule has 2 aromatic rings. The zero-order valence-electron chi connectivity index (χ0n) is 9.05. The Morgan fingerprint density at radius 2 is 2.24 bits per heavy atom. The summed E-state index contributed by atoms with van der Waals surface area (Å²) < 4.78 is 6.72. The van der Waals surface area contributed by atoms with Crippen LogP contribution in [0.2, 0.25) is 5.02 Å². The number of nitrogens with zero attached hydrogens (tertiary/aromatic N) is 2. The normalized spacial score (nSPS) is 10.2.